The maximum absolute atomic E-state index is 10.2. The molecule has 0 fully saturated rings. The maximum Gasteiger partial charge on any atom is 0.128 e. The van der Waals surface area contributed by atoms with Gasteiger partial charge in [0.2, 0.25) is 0 Å². The average molecular weight is 236 g/mol. The molecule has 0 aromatic heterocycles. The highest BCUT2D eigenvalue weighted by molar-refractivity contribution is 5.46. The van der Waals surface area contributed by atoms with Gasteiger partial charge >= 0.3 is 0 Å². The number of benzene rings is 1. The summed E-state index contributed by atoms with van der Waals surface area (Å²) in [6.45, 7) is 3.67. The number of methoxy groups -OCH3 is 2. The Labute approximate surface area is 103 Å². The summed E-state index contributed by atoms with van der Waals surface area (Å²) in [5, 5.41) is 10.2. The summed E-state index contributed by atoms with van der Waals surface area (Å²) in [7, 11) is 3.18. The fourth-order valence-electron chi connectivity index (χ4n) is 1.81. The molecule has 0 aliphatic carbocycles. The fraction of sp³-hybridized carbons (Fsp3) is 0.429. The second-order valence-corrected chi connectivity index (χ2v) is 3.81. The zero-order valence-corrected chi connectivity index (χ0v) is 10.5. The van der Waals surface area contributed by atoms with Crippen molar-refractivity contribution in [3.05, 3.63) is 36.4 Å². The lowest BCUT2D eigenvalue weighted by Crippen LogP contribution is -2.03. The van der Waals surface area contributed by atoms with Crippen molar-refractivity contribution < 1.29 is 14.6 Å². The van der Waals surface area contributed by atoms with Crippen molar-refractivity contribution in [2.24, 2.45) is 0 Å². The summed E-state index contributed by atoms with van der Waals surface area (Å²) >= 11 is 0. The minimum Gasteiger partial charge on any atom is -0.496 e. The second kappa shape index (κ2) is 6.97. The first-order valence-electron chi connectivity index (χ1n) is 5.74. The Morgan fingerprint density at radius 2 is 1.88 bits per heavy atom. The van der Waals surface area contributed by atoms with Crippen molar-refractivity contribution in [1.82, 2.24) is 0 Å². The summed E-state index contributed by atoms with van der Waals surface area (Å²) in [6.07, 6.45) is 3.75. The van der Waals surface area contributed by atoms with Gasteiger partial charge < -0.3 is 14.6 Å². The third-order valence-corrected chi connectivity index (χ3v) is 2.68. The summed E-state index contributed by atoms with van der Waals surface area (Å²) in [5.41, 5.74) is 0.724. The molecule has 0 bridgehead atoms. The Morgan fingerprint density at radius 3 is 2.35 bits per heavy atom. The van der Waals surface area contributed by atoms with Crippen LogP contribution in [0.3, 0.4) is 0 Å². The predicted molar refractivity (Wildman–Crippen MR) is 68.6 cm³/mol. The van der Waals surface area contributed by atoms with Crippen LogP contribution in [0.4, 0.5) is 0 Å². The largest absolute Gasteiger partial charge is 0.496 e. The van der Waals surface area contributed by atoms with E-state index < -0.39 is 6.10 Å². The van der Waals surface area contributed by atoms with Gasteiger partial charge in [0.05, 0.1) is 25.9 Å². The number of rotatable bonds is 7. The van der Waals surface area contributed by atoms with Crippen molar-refractivity contribution in [1.29, 1.82) is 0 Å². The molecule has 0 spiro atoms. The van der Waals surface area contributed by atoms with Gasteiger partial charge in [-0.1, -0.05) is 12.1 Å². The number of ether oxygens (including phenoxy) is 2. The molecule has 17 heavy (non-hydrogen) atoms. The van der Waals surface area contributed by atoms with Crippen molar-refractivity contribution >= 4 is 0 Å². The molecule has 0 amide bonds. The molecule has 0 heterocycles. The second-order valence-electron chi connectivity index (χ2n) is 3.81. The highest BCUT2D eigenvalue weighted by Crippen LogP contribution is 2.36. The lowest BCUT2D eigenvalue weighted by Gasteiger charge is -2.17. The van der Waals surface area contributed by atoms with Gasteiger partial charge in [-0.25, -0.2) is 0 Å². The Morgan fingerprint density at radius 1 is 1.29 bits per heavy atom. The number of allylic oxidation sites excluding steroid dienone is 1. The lowest BCUT2D eigenvalue weighted by atomic mass is 10.0. The van der Waals surface area contributed by atoms with Crippen molar-refractivity contribution in [2.45, 2.75) is 25.4 Å². The molecule has 0 aliphatic heterocycles. The molecule has 94 valence electrons. The minimum absolute atomic E-state index is 0.568. The quantitative estimate of drug-likeness (QED) is 0.584. The molecule has 0 saturated carbocycles. The molecule has 1 aromatic carbocycles. The molecule has 1 unspecified atom stereocenters. The standard InChI is InChI=1S/C14H20O3/c1-4-5-6-8-11(15)14-12(16-2)9-7-10-13(14)17-3/h4,7,9-11,15H,1,5-6,8H2,2-3H3. The van der Waals surface area contributed by atoms with Gasteiger partial charge in [-0.05, 0) is 31.4 Å². The first kappa shape index (κ1) is 13.6. The van der Waals surface area contributed by atoms with Crippen LogP contribution in [0.5, 0.6) is 11.5 Å². The Balaban J connectivity index is 2.88. The average Bonchev–Trinajstić information content (AvgIpc) is 2.37. The van der Waals surface area contributed by atoms with E-state index >= 15 is 0 Å². The van der Waals surface area contributed by atoms with Crippen LogP contribution in [0, 0.1) is 0 Å². The number of hydrogen-bond acceptors (Lipinski definition) is 3. The molecule has 1 N–H and O–H groups in total. The van der Waals surface area contributed by atoms with Gasteiger partial charge in [0.15, 0.2) is 0 Å². The van der Waals surface area contributed by atoms with Crippen LogP contribution in [0.2, 0.25) is 0 Å². The van der Waals surface area contributed by atoms with E-state index in [0.29, 0.717) is 17.9 Å². The third-order valence-electron chi connectivity index (χ3n) is 2.68. The van der Waals surface area contributed by atoms with Gasteiger partial charge in [0, 0.05) is 0 Å². The molecule has 0 saturated heterocycles. The molecule has 1 aromatic rings. The van der Waals surface area contributed by atoms with E-state index in [1.54, 1.807) is 14.2 Å². The van der Waals surface area contributed by atoms with E-state index in [0.717, 1.165) is 18.4 Å². The number of aliphatic hydroxyl groups is 1. The van der Waals surface area contributed by atoms with E-state index in [-0.39, 0.29) is 0 Å². The highest BCUT2D eigenvalue weighted by atomic mass is 16.5. The summed E-state index contributed by atoms with van der Waals surface area (Å²) in [5.74, 6) is 1.32. The monoisotopic (exact) mass is 236 g/mol. The van der Waals surface area contributed by atoms with Crippen LogP contribution in [-0.4, -0.2) is 19.3 Å². The predicted octanol–water partition coefficient (Wildman–Crippen LogP) is 3.09. The molecule has 3 nitrogen and oxygen atoms in total. The van der Waals surface area contributed by atoms with Crippen LogP contribution in [0.1, 0.15) is 30.9 Å². The maximum atomic E-state index is 10.2. The Bertz CT molecular complexity index is 338. The van der Waals surface area contributed by atoms with Crippen LogP contribution in [0.15, 0.2) is 30.9 Å². The van der Waals surface area contributed by atoms with Crippen LogP contribution in [0.25, 0.3) is 0 Å². The smallest absolute Gasteiger partial charge is 0.128 e. The highest BCUT2D eigenvalue weighted by Gasteiger charge is 2.17. The molecule has 3 heteroatoms. The van der Waals surface area contributed by atoms with Gasteiger partial charge in [-0.3, -0.25) is 0 Å². The fourth-order valence-corrected chi connectivity index (χ4v) is 1.81. The summed E-state index contributed by atoms with van der Waals surface area (Å²) in [6, 6.07) is 5.50. The molecule has 1 rings (SSSR count). The molecule has 1 atom stereocenters. The Hall–Kier alpha value is -1.48. The zero-order valence-electron chi connectivity index (χ0n) is 10.5. The molecular weight excluding hydrogens is 216 g/mol. The summed E-state index contributed by atoms with van der Waals surface area (Å²) in [4.78, 5) is 0. The molecular formula is C14H20O3. The van der Waals surface area contributed by atoms with E-state index in [2.05, 4.69) is 6.58 Å². The van der Waals surface area contributed by atoms with Gasteiger partial charge in [0.1, 0.15) is 11.5 Å². The number of unbranched alkanes of at least 4 members (excludes halogenated alkanes) is 1. The normalized spacial score (nSPS) is 11.9. The number of hydrogen-bond donors (Lipinski definition) is 1. The van der Waals surface area contributed by atoms with E-state index in [1.807, 2.05) is 24.3 Å². The SMILES string of the molecule is C=CCCCC(O)c1c(OC)cccc1OC. The van der Waals surface area contributed by atoms with E-state index in [9.17, 15) is 5.11 Å². The number of aliphatic hydroxyl groups excluding tert-OH is 1. The van der Waals surface area contributed by atoms with E-state index in [4.69, 9.17) is 9.47 Å². The van der Waals surface area contributed by atoms with Crippen LogP contribution in [-0.2, 0) is 0 Å². The van der Waals surface area contributed by atoms with Gasteiger partial charge in [-0.15, -0.1) is 6.58 Å². The topological polar surface area (TPSA) is 38.7 Å². The third kappa shape index (κ3) is 3.49. The lowest BCUT2D eigenvalue weighted by molar-refractivity contribution is 0.156. The summed E-state index contributed by atoms with van der Waals surface area (Å²) < 4.78 is 10.5. The molecule has 0 radical (unpaired) electrons. The van der Waals surface area contributed by atoms with Crippen molar-refractivity contribution in [2.75, 3.05) is 14.2 Å². The first-order chi connectivity index (χ1) is 8.24. The van der Waals surface area contributed by atoms with Crippen molar-refractivity contribution in [3.63, 3.8) is 0 Å². The zero-order chi connectivity index (χ0) is 12.7. The molecule has 0 aliphatic rings. The first-order valence-corrected chi connectivity index (χ1v) is 5.74. The van der Waals surface area contributed by atoms with Crippen molar-refractivity contribution in [3.8, 4) is 11.5 Å². The van der Waals surface area contributed by atoms with Crippen LogP contribution < -0.4 is 9.47 Å². The van der Waals surface area contributed by atoms with Crippen LogP contribution >= 0.6 is 0 Å². The minimum atomic E-state index is -0.568. The van der Waals surface area contributed by atoms with Gasteiger partial charge in [-0.2, -0.15) is 0 Å². The van der Waals surface area contributed by atoms with Gasteiger partial charge in [0.25, 0.3) is 0 Å². The Kier molecular flexibility index (Phi) is 5.57. The van der Waals surface area contributed by atoms with E-state index in [1.165, 1.54) is 0 Å².